The Hall–Kier alpha value is -2.35. The van der Waals surface area contributed by atoms with Crippen molar-refractivity contribution in [2.75, 3.05) is 33.0 Å². The summed E-state index contributed by atoms with van der Waals surface area (Å²) in [6.45, 7) is -0.364. The van der Waals surface area contributed by atoms with Gasteiger partial charge in [-0.3, -0.25) is 9.59 Å². The highest BCUT2D eigenvalue weighted by Gasteiger charge is 2.60. The number of aliphatic carboxylic acids is 1. The number of unbranched alkanes of at least 4 members (excludes halogenated alkanes) is 25. The van der Waals surface area contributed by atoms with Gasteiger partial charge in [-0.15, -0.1) is 0 Å². The summed E-state index contributed by atoms with van der Waals surface area (Å²) in [5.41, 5.74) is 0. The van der Waals surface area contributed by atoms with Gasteiger partial charge in [0.2, 0.25) is 11.8 Å². The molecule has 0 aromatic rings. The van der Waals surface area contributed by atoms with Crippen LogP contribution in [0, 0.1) is 0 Å². The Morgan fingerprint density at radius 3 is 1.54 bits per heavy atom. The number of aliphatic hydroxyl groups excluding tert-OH is 13. The second kappa shape index (κ2) is 42.6. The van der Waals surface area contributed by atoms with E-state index in [0.717, 1.165) is 51.4 Å². The lowest BCUT2D eigenvalue weighted by Crippen LogP contribution is -2.71. The fourth-order valence-corrected chi connectivity index (χ4v) is 11.3. The van der Waals surface area contributed by atoms with Crippen molar-refractivity contribution in [2.45, 2.75) is 322 Å². The minimum atomic E-state index is -3.16. The van der Waals surface area contributed by atoms with E-state index in [-0.39, 0.29) is 12.8 Å². The van der Waals surface area contributed by atoms with Crippen LogP contribution >= 0.6 is 0 Å². The van der Waals surface area contributed by atoms with Crippen LogP contribution in [-0.4, -0.2) is 238 Å². The molecule has 0 radical (unpaired) electrons. The molecule has 3 aliphatic rings. The van der Waals surface area contributed by atoms with Crippen LogP contribution in [0.2, 0.25) is 0 Å². The zero-order valence-corrected chi connectivity index (χ0v) is 50.1. The molecule has 16 N–H and O–H groups in total. The van der Waals surface area contributed by atoms with Gasteiger partial charge in [0.25, 0.3) is 5.79 Å². The summed E-state index contributed by atoms with van der Waals surface area (Å²) in [4.78, 5) is 38.6. The number of hydrogen-bond donors (Lipinski definition) is 16. The zero-order chi connectivity index (χ0) is 62.0. The molecule has 0 aromatic heterocycles. The lowest BCUT2D eigenvalue weighted by Gasteiger charge is -2.50. The molecule has 3 fully saturated rings. The maximum absolute atomic E-state index is 13.4. The molecule has 25 heteroatoms. The Labute approximate surface area is 496 Å². The van der Waals surface area contributed by atoms with Crippen molar-refractivity contribution in [3.05, 3.63) is 0 Å². The Kier molecular flexibility index (Phi) is 38.5. The molecule has 0 bridgehead atoms. The number of carboxylic acids is 1. The number of amides is 2. The Morgan fingerprint density at radius 2 is 1.06 bits per heavy atom. The van der Waals surface area contributed by atoms with E-state index in [2.05, 4.69) is 24.5 Å². The average molecular weight is 1220 g/mol. The molecule has 19 unspecified atom stereocenters. The molecule has 0 aromatic carbocycles. The smallest absolute Gasteiger partial charge is 0.364 e. The van der Waals surface area contributed by atoms with Crippen LogP contribution in [0.1, 0.15) is 206 Å². The first-order chi connectivity index (χ1) is 40.3. The second-order valence-electron chi connectivity index (χ2n) is 23.4. The van der Waals surface area contributed by atoms with Gasteiger partial charge in [-0.2, -0.15) is 0 Å². The van der Waals surface area contributed by atoms with Crippen LogP contribution in [0.25, 0.3) is 0 Å². The molecule has 2 amide bonds. The SMILES string of the molecule is CCCCCCCCCCCCCCCCCC(=O)NC(COC1OC(CO)C(OC2OC(CO)C(O)C(OC3(C(=O)O)CC(O)C(NC(=O)CO)C(C(O)C(O)CO)O3)C2O)C(O)C1O)C(O)C(O)CCCCCCCCCCCCCC. The molecule has 0 spiro atoms. The third-order valence-electron chi connectivity index (χ3n) is 16.5. The van der Waals surface area contributed by atoms with Gasteiger partial charge in [-0.05, 0) is 12.8 Å². The van der Waals surface area contributed by atoms with Crippen molar-refractivity contribution in [3.63, 3.8) is 0 Å². The molecule has 25 nitrogen and oxygen atoms in total. The maximum atomic E-state index is 13.4. The van der Waals surface area contributed by atoms with Gasteiger partial charge in [0.1, 0.15) is 79.9 Å². The summed E-state index contributed by atoms with van der Waals surface area (Å²) < 4.78 is 34.5. The number of rotatable bonds is 47. The molecular weight excluding hydrogens is 1100 g/mol. The van der Waals surface area contributed by atoms with E-state index in [9.17, 15) is 85.9 Å². The number of carboxylic acid groups (broad SMARTS) is 1. The molecule has 3 heterocycles. The monoisotopic (exact) mass is 1210 g/mol. The van der Waals surface area contributed by atoms with Crippen LogP contribution < -0.4 is 10.6 Å². The van der Waals surface area contributed by atoms with Gasteiger partial charge in [0.05, 0.1) is 50.7 Å². The van der Waals surface area contributed by atoms with Crippen LogP contribution in [-0.2, 0) is 42.8 Å². The normalized spacial score (nSPS) is 30.1. The number of ether oxygens (including phenoxy) is 6. The first-order valence-electron chi connectivity index (χ1n) is 31.7. The van der Waals surface area contributed by atoms with Gasteiger partial charge < -0.3 is 111 Å². The highest BCUT2D eigenvalue weighted by atomic mass is 16.8. The van der Waals surface area contributed by atoms with Crippen molar-refractivity contribution in [3.8, 4) is 0 Å². The summed E-state index contributed by atoms with van der Waals surface area (Å²) in [7, 11) is 0. The van der Waals surface area contributed by atoms with Crippen LogP contribution in [0.4, 0.5) is 0 Å². The van der Waals surface area contributed by atoms with Gasteiger partial charge in [-0.25, -0.2) is 4.79 Å². The summed E-state index contributed by atoms with van der Waals surface area (Å²) in [5.74, 6) is -6.72. The number of aliphatic hydroxyl groups is 13. The van der Waals surface area contributed by atoms with Crippen molar-refractivity contribution < 1.29 is 114 Å². The second-order valence-corrected chi connectivity index (χ2v) is 23.4. The van der Waals surface area contributed by atoms with Gasteiger partial charge >= 0.3 is 5.97 Å². The molecule has 19 atom stereocenters. The molecule has 3 aliphatic heterocycles. The minimum absolute atomic E-state index is 0.133. The Bertz CT molecular complexity index is 1740. The molecule has 84 heavy (non-hydrogen) atoms. The first kappa shape index (κ1) is 75.9. The van der Waals surface area contributed by atoms with Gasteiger partial charge in [0, 0.05) is 12.8 Å². The van der Waals surface area contributed by atoms with Crippen molar-refractivity contribution in [1.29, 1.82) is 0 Å². The van der Waals surface area contributed by atoms with E-state index < -0.39 is 173 Å². The summed E-state index contributed by atoms with van der Waals surface area (Å²) in [6, 6.07) is -2.97. The fraction of sp³-hybridized carbons (Fsp3) is 0.949. The van der Waals surface area contributed by atoms with Crippen molar-refractivity contribution in [2.24, 2.45) is 0 Å². The van der Waals surface area contributed by atoms with Gasteiger partial charge in [-0.1, -0.05) is 181 Å². The van der Waals surface area contributed by atoms with E-state index in [1.165, 1.54) is 109 Å². The third kappa shape index (κ3) is 25.6. The lowest BCUT2D eigenvalue weighted by atomic mass is 9.88. The summed E-state index contributed by atoms with van der Waals surface area (Å²) in [5, 5.41) is 156. The van der Waals surface area contributed by atoms with E-state index in [0.29, 0.717) is 12.8 Å². The van der Waals surface area contributed by atoms with Crippen LogP contribution in [0.5, 0.6) is 0 Å². The zero-order valence-electron chi connectivity index (χ0n) is 50.1. The molecule has 3 saturated heterocycles. The van der Waals surface area contributed by atoms with E-state index >= 15 is 0 Å². The van der Waals surface area contributed by atoms with E-state index in [1.54, 1.807) is 0 Å². The fourth-order valence-electron chi connectivity index (χ4n) is 11.3. The van der Waals surface area contributed by atoms with Gasteiger partial charge in [0.15, 0.2) is 12.6 Å². The molecule has 3 rings (SSSR count). The number of carbonyl (C=O) groups excluding carboxylic acids is 2. The van der Waals surface area contributed by atoms with Crippen molar-refractivity contribution in [1.82, 2.24) is 10.6 Å². The van der Waals surface area contributed by atoms with E-state index in [1.807, 2.05) is 0 Å². The highest BCUT2D eigenvalue weighted by Crippen LogP contribution is 2.39. The number of carbonyl (C=O) groups is 3. The number of nitrogens with one attached hydrogen (secondary N) is 2. The highest BCUT2D eigenvalue weighted by molar-refractivity contribution is 5.78. The summed E-state index contributed by atoms with van der Waals surface area (Å²) in [6.07, 6.45) is -1.22. The average Bonchev–Trinajstić information content (AvgIpc) is 1.85. The summed E-state index contributed by atoms with van der Waals surface area (Å²) >= 11 is 0. The quantitative estimate of drug-likeness (QED) is 0.0382. The third-order valence-corrected chi connectivity index (χ3v) is 16.5. The minimum Gasteiger partial charge on any atom is -0.477 e. The molecule has 494 valence electrons. The predicted octanol–water partition coefficient (Wildman–Crippen LogP) is 1.33. The molecule has 0 aliphatic carbocycles. The topological polar surface area (TPSA) is 414 Å². The van der Waals surface area contributed by atoms with E-state index in [4.69, 9.17) is 28.4 Å². The standard InChI is InChI=1S/C59H110N2O23/c1-3-5-7-9-11-13-15-17-18-19-21-23-25-27-29-31-44(69)60-38(47(71)39(66)30-28-26-24-22-20-16-14-12-10-8-6-4-2)37-79-56-51(75)50(74)53(43(35-64)81-56)82-57-52(76)55(49(73)42(34-63)80-57)84-59(58(77)78)32-40(67)46(61-45(70)36-65)54(83-59)48(72)41(68)33-62/h38-43,46-57,62-68,71-76H,3-37H2,1-2H3,(H,60,69)(H,61,70)(H,77,78). The Morgan fingerprint density at radius 1 is 0.571 bits per heavy atom. The maximum Gasteiger partial charge on any atom is 0.364 e. The first-order valence-corrected chi connectivity index (χ1v) is 31.7. The number of hydrogen-bond acceptors (Lipinski definition) is 22. The lowest BCUT2D eigenvalue weighted by molar-refractivity contribution is -0.386. The molecule has 0 saturated carbocycles. The predicted molar refractivity (Wildman–Crippen MR) is 304 cm³/mol. The molecular formula is C59H110N2O23. The van der Waals surface area contributed by atoms with Crippen LogP contribution in [0.15, 0.2) is 0 Å². The largest absolute Gasteiger partial charge is 0.477 e. The Balaban J connectivity index is 1.68. The van der Waals surface area contributed by atoms with Crippen molar-refractivity contribution >= 4 is 17.8 Å². The van der Waals surface area contributed by atoms with Crippen LogP contribution in [0.3, 0.4) is 0 Å².